The molecule has 3 heterocycles. The number of pyridine rings is 1. The Kier molecular flexibility index (Phi) is 4.73. The molecule has 2 aliphatic heterocycles. The molecule has 0 aliphatic carbocycles. The molecule has 1 fully saturated rings. The van der Waals surface area contributed by atoms with Gasteiger partial charge in [0, 0.05) is 36.6 Å². The third-order valence-corrected chi connectivity index (χ3v) is 5.10. The number of hydrogen-bond acceptors (Lipinski definition) is 6. The number of para-hydroxylation sites is 1. The summed E-state index contributed by atoms with van der Waals surface area (Å²) >= 11 is 0. The summed E-state index contributed by atoms with van der Waals surface area (Å²) in [6, 6.07) is 10.3. The smallest absolute Gasteiger partial charge is 0.265 e. The van der Waals surface area contributed by atoms with Gasteiger partial charge in [-0.15, -0.1) is 0 Å². The molecule has 1 aromatic heterocycles. The predicted octanol–water partition coefficient (Wildman–Crippen LogP) is 1.18. The van der Waals surface area contributed by atoms with Crippen LogP contribution in [-0.4, -0.2) is 59.7 Å². The number of carbonyl (C=O) groups is 2. The molecule has 1 N–H and O–H groups in total. The van der Waals surface area contributed by atoms with Crippen molar-refractivity contribution in [3.05, 3.63) is 59.9 Å². The number of benzene rings is 1. The van der Waals surface area contributed by atoms with Gasteiger partial charge in [0.15, 0.2) is 11.4 Å². The van der Waals surface area contributed by atoms with Crippen LogP contribution in [0.5, 0.6) is 0 Å². The van der Waals surface area contributed by atoms with Crippen molar-refractivity contribution >= 4 is 17.4 Å². The second kappa shape index (κ2) is 7.19. The second-order valence-corrected chi connectivity index (χ2v) is 6.82. The molecule has 1 atom stereocenters. The molecule has 7 heteroatoms. The highest BCUT2D eigenvalue weighted by Gasteiger charge is 2.51. The van der Waals surface area contributed by atoms with Crippen LogP contribution in [0.3, 0.4) is 0 Å². The molecule has 1 aromatic carbocycles. The van der Waals surface area contributed by atoms with E-state index in [-0.39, 0.29) is 12.2 Å². The predicted molar refractivity (Wildman–Crippen MR) is 98.3 cm³/mol. The Labute approximate surface area is 157 Å². The number of anilines is 1. The minimum atomic E-state index is -1.86. The van der Waals surface area contributed by atoms with Crippen molar-refractivity contribution in [1.29, 1.82) is 0 Å². The van der Waals surface area contributed by atoms with E-state index in [1.165, 1.54) is 12.4 Å². The lowest BCUT2D eigenvalue weighted by Gasteiger charge is -2.31. The summed E-state index contributed by atoms with van der Waals surface area (Å²) in [4.78, 5) is 33.4. The molecule has 7 nitrogen and oxygen atoms in total. The van der Waals surface area contributed by atoms with E-state index in [0.717, 1.165) is 13.1 Å². The maximum Gasteiger partial charge on any atom is 0.265 e. The standard InChI is InChI=1S/C20H21N3O4/c24-18(15-5-7-21-8-6-15)13-20(26)16-3-1-2-4-17(16)23(19(20)25)14-22-9-11-27-12-10-22/h1-8,26H,9-14H2/t20-/m0/s1. The Morgan fingerprint density at radius 2 is 1.85 bits per heavy atom. The fourth-order valence-electron chi connectivity index (χ4n) is 3.63. The molecule has 140 valence electrons. The zero-order valence-corrected chi connectivity index (χ0v) is 14.9. The average molecular weight is 367 g/mol. The zero-order chi connectivity index (χ0) is 18.9. The van der Waals surface area contributed by atoms with E-state index < -0.39 is 11.5 Å². The highest BCUT2D eigenvalue weighted by molar-refractivity contribution is 6.10. The first-order valence-electron chi connectivity index (χ1n) is 8.97. The molecule has 2 aliphatic rings. The van der Waals surface area contributed by atoms with Crippen LogP contribution in [0, 0.1) is 0 Å². The number of hydrogen-bond donors (Lipinski definition) is 1. The first kappa shape index (κ1) is 17.8. The number of ether oxygens (including phenoxy) is 1. The Bertz CT molecular complexity index is 851. The van der Waals surface area contributed by atoms with Crippen molar-refractivity contribution in [2.24, 2.45) is 0 Å². The summed E-state index contributed by atoms with van der Waals surface area (Å²) < 4.78 is 5.36. The number of rotatable bonds is 5. The van der Waals surface area contributed by atoms with Crippen molar-refractivity contribution in [2.75, 3.05) is 37.9 Å². The van der Waals surface area contributed by atoms with Gasteiger partial charge in [-0.2, -0.15) is 0 Å². The molecular weight excluding hydrogens is 346 g/mol. The quantitative estimate of drug-likeness (QED) is 0.799. The van der Waals surface area contributed by atoms with Crippen LogP contribution >= 0.6 is 0 Å². The Balaban J connectivity index is 1.62. The molecule has 2 aromatic rings. The maximum atomic E-state index is 13.2. The number of nitrogens with zero attached hydrogens (tertiary/aromatic N) is 3. The van der Waals surface area contributed by atoms with E-state index >= 15 is 0 Å². The fourth-order valence-corrected chi connectivity index (χ4v) is 3.63. The van der Waals surface area contributed by atoms with Crippen LogP contribution in [0.2, 0.25) is 0 Å². The van der Waals surface area contributed by atoms with Crippen LogP contribution in [0.4, 0.5) is 5.69 Å². The molecule has 0 bridgehead atoms. The summed E-state index contributed by atoms with van der Waals surface area (Å²) in [5.74, 6) is -0.756. The number of amides is 1. The van der Waals surface area contributed by atoms with Crippen LogP contribution in [0.25, 0.3) is 0 Å². The summed E-state index contributed by atoms with van der Waals surface area (Å²) in [7, 11) is 0. The molecule has 0 spiro atoms. The summed E-state index contributed by atoms with van der Waals surface area (Å²) in [5.41, 5.74) is -0.302. The average Bonchev–Trinajstić information content (AvgIpc) is 2.92. The first-order valence-corrected chi connectivity index (χ1v) is 8.97. The molecule has 0 unspecified atom stereocenters. The van der Waals surface area contributed by atoms with Gasteiger partial charge in [-0.3, -0.25) is 24.4 Å². The second-order valence-electron chi connectivity index (χ2n) is 6.82. The monoisotopic (exact) mass is 367 g/mol. The van der Waals surface area contributed by atoms with Gasteiger partial charge in [0.1, 0.15) is 0 Å². The first-order chi connectivity index (χ1) is 13.1. The van der Waals surface area contributed by atoms with Gasteiger partial charge in [0.05, 0.1) is 32.0 Å². The number of ketones is 1. The van der Waals surface area contributed by atoms with Gasteiger partial charge in [-0.05, 0) is 18.2 Å². The van der Waals surface area contributed by atoms with Crippen molar-refractivity contribution in [2.45, 2.75) is 12.0 Å². The zero-order valence-electron chi connectivity index (χ0n) is 14.9. The lowest BCUT2D eigenvalue weighted by atomic mass is 9.88. The molecule has 0 radical (unpaired) electrons. The minimum Gasteiger partial charge on any atom is -0.379 e. The number of morpholine rings is 1. The van der Waals surface area contributed by atoms with E-state index in [4.69, 9.17) is 4.74 Å². The topological polar surface area (TPSA) is 83.0 Å². The summed E-state index contributed by atoms with van der Waals surface area (Å²) in [5, 5.41) is 11.3. The lowest BCUT2D eigenvalue weighted by molar-refractivity contribution is -0.136. The Hall–Kier alpha value is -2.61. The van der Waals surface area contributed by atoms with Gasteiger partial charge >= 0.3 is 0 Å². The van der Waals surface area contributed by atoms with Gasteiger partial charge in [0.25, 0.3) is 5.91 Å². The molecule has 0 saturated carbocycles. The lowest BCUT2D eigenvalue weighted by Crippen LogP contribution is -2.49. The fraction of sp³-hybridized carbons (Fsp3) is 0.350. The van der Waals surface area contributed by atoms with Gasteiger partial charge in [0.2, 0.25) is 0 Å². The number of fused-ring (bicyclic) bond motifs is 1. The molecule has 1 saturated heterocycles. The van der Waals surface area contributed by atoms with Crippen molar-refractivity contribution in [3.63, 3.8) is 0 Å². The Morgan fingerprint density at radius 1 is 1.15 bits per heavy atom. The van der Waals surface area contributed by atoms with E-state index in [0.29, 0.717) is 36.7 Å². The molecule has 4 rings (SSSR count). The maximum absolute atomic E-state index is 13.2. The van der Waals surface area contributed by atoms with E-state index in [1.54, 1.807) is 29.2 Å². The highest BCUT2D eigenvalue weighted by atomic mass is 16.5. The van der Waals surface area contributed by atoms with Crippen LogP contribution in [-0.2, 0) is 15.1 Å². The summed E-state index contributed by atoms with van der Waals surface area (Å²) in [6.07, 6.45) is 2.74. The van der Waals surface area contributed by atoms with Crippen LogP contribution in [0.15, 0.2) is 48.8 Å². The third-order valence-electron chi connectivity index (χ3n) is 5.10. The number of aromatic nitrogens is 1. The largest absolute Gasteiger partial charge is 0.379 e. The van der Waals surface area contributed by atoms with E-state index in [9.17, 15) is 14.7 Å². The van der Waals surface area contributed by atoms with Crippen LogP contribution in [0.1, 0.15) is 22.3 Å². The van der Waals surface area contributed by atoms with Crippen molar-refractivity contribution < 1.29 is 19.4 Å². The normalized spacial score (nSPS) is 22.7. The van der Waals surface area contributed by atoms with Gasteiger partial charge in [-0.25, -0.2) is 0 Å². The Morgan fingerprint density at radius 3 is 2.59 bits per heavy atom. The summed E-state index contributed by atoms with van der Waals surface area (Å²) in [6.45, 7) is 3.05. The molecular formula is C20H21N3O4. The number of carbonyl (C=O) groups excluding carboxylic acids is 2. The van der Waals surface area contributed by atoms with Gasteiger partial charge in [-0.1, -0.05) is 18.2 Å². The van der Waals surface area contributed by atoms with Crippen molar-refractivity contribution in [1.82, 2.24) is 9.88 Å². The van der Waals surface area contributed by atoms with Crippen LogP contribution < -0.4 is 4.90 Å². The minimum absolute atomic E-state index is 0.295. The third kappa shape index (κ3) is 3.25. The molecule has 1 amide bonds. The number of Topliss-reactive ketones (excluding diaryl/α,β-unsaturated/α-hetero) is 1. The number of aliphatic hydroxyl groups is 1. The molecule has 27 heavy (non-hydrogen) atoms. The highest BCUT2D eigenvalue weighted by Crippen LogP contribution is 2.42. The van der Waals surface area contributed by atoms with Crippen molar-refractivity contribution in [3.8, 4) is 0 Å². The SMILES string of the molecule is O=C(C[C@@]1(O)C(=O)N(CN2CCOCC2)c2ccccc21)c1ccncc1. The van der Waals surface area contributed by atoms with E-state index in [1.807, 2.05) is 12.1 Å². The van der Waals surface area contributed by atoms with Gasteiger partial charge < -0.3 is 9.84 Å². The van der Waals surface area contributed by atoms with E-state index in [2.05, 4.69) is 9.88 Å².